The second-order valence-corrected chi connectivity index (χ2v) is 5.40. The standard InChI is InChI=1S/C18H18F3N3O4/c1-26-14-8-7-11(9-12(14)16(25)27-2)10-23-17(22)24-13-5-3-4-6-15(13)28-18(19,20)21/h3-9H,10H2,1-2H3,(H3,22,23,24). The molecule has 2 aromatic rings. The molecule has 0 aliphatic rings. The smallest absolute Gasteiger partial charge is 0.496 e. The molecule has 150 valence electrons. The number of para-hydroxylation sites is 2. The minimum Gasteiger partial charge on any atom is -0.496 e. The Morgan fingerprint density at radius 1 is 1.14 bits per heavy atom. The minimum atomic E-state index is -4.84. The number of nitrogens with zero attached hydrogens (tertiary/aromatic N) is 1. The third kappa shape index (κ3) is 5.79. The number of halogens is 3. The summed E-state index contributed by atoms with van der Waals surface area (Å²) in [5.41, 5.74) is 6.59. The monoisotopic (exact) mass is 397 g/mol. The number of rotatable bonds is 6. The fraction of sp³-hybridized carbons (Fsp3) is 0.222. The third-order valence-electron chi connectivity index (χ3n) is 3.48. The van der Waals surface area contributed by atoms with Gasteiger partial charge >= 0.3 is 12.3 Å². The third-order valence-corrected chi connectivity index (χ3v) is 3.48. The fourth-order valence-corrected chi connectivity index (χ4v) is 2.26. The molecule has 0 saturated heterocycles. The number of nitrogens with two attached hydrogens (primary N) is 1. The molecule has 0 fully saturated rings. The molecule has 0 bridgehead atoms. The Morgan fingerprint density at radius 3 is 2.50 bits per heavy atom. The average Bonchev–Trinajstić information content (AvgIpc) is 2.66. The first-order valence-corrected chi connectivity index (χ1v) is 7.90. The first-order chi connectivity index (χ1) is 13.2. The molecule has 0 spiro atoms. The molecule has 10 heteroatoms. The van der Waals surface area contributed by atoms with Crippen molar-refractivity contribution in [1.82, 2.24) is 0 Å². The number of aliphatic imine (C=N–C) groups is 1. The van der Waals surface area contributed by atoms with Gasteiger partial charge in [-0.1, -0.05) is 18.2 Å². The number of hydrogen-bond acceptors (Lipinski definition) is 5. The molecule has 2 aromatic carbocycles. The van der Waals surface area contributed by atoms with Crippen LogP contribution in [0.1, 0.15) is 15.9 Å². The van der Waals surface area contributed by atoms with E-state index in [1.807, 2.05) is 0 Å². The van der Waals surface area contributed by atoms with Crippen LogP contribution in [-0.2, 0) is 11.3 Å². The molecule has 0 heterocycles. The first kappa shape index (κ1) is 20.9. The van der Waals surface area contributed by atoms with Gasteiger partial charge in [0.2, 0.25) is 0 Å². The van der Waals surface area contributed by atoms with Crippen LogP contribution < -0.4 is 20.5 Å². The number of esters is 1. The molecule has 0 aliphatic carbocycles. The number of carbonyl (C=O) groups excluding carboxylic acids is 1. The maximum absolute atomic E-state index is 12.5. The van der Waals surface area contributed by atoms with Crippen LogP contribution in [0, 0.1) is 0 Å². The van der Waals surface area contributed by atoms with Gasteiger partial charge in [0, 0.05) is 0 Å². The number of ether oxygens (including phenoxy) is 3. The van der Waals surface area contributed by atoms with Crippen molar-refractivity contribution in [2.45, 2.75) is 12.9 Å². The van der Waals surface area contributed by atoms with Gasteiger partial charge in [-0.3, -0.25) is 0 Å². The topological polar surface area (TPSA) is 95.2 Å². The maximum Gasteiger partial charge on any atom is 0.573 e. The Labute approximate surface area is 158 Å². The van der Waals surface area contributed by atoms with Crippen molar-refractivity contribution >= 4 is 17.6 Å². The Morgan fingerprint density at radius 2 is 1.86 bits per heavy atom. The minimum absolute atomic E-state index is 0.00561. The summed E-state index contributed by atoms with van der Waals surface area (Å²) in [5, 5.41) is 2.56. The molecule has 3 N–H and O–H groups in total. The molecule has 7 nitrogen and oxygen atoms in total. The maximum atomic E-state index is 12.5. The molecule has 0 atom stereocenters. The van der Waals surface area contributed by atoms with Gasteiger partial charge in [0.1, 0.15) is 11.3 Å². The van der Waals surface area contributed by atoms with E-state index in [-0.39, 0.29) is 23.8 Å². The molecular weight excluding hydrogens is 379 g/mol. The fourth-order valence-electron chi connectivity index (χ4n) is 2.26. The number of methoxy groups -OCH3 is 2. The van der Waals surface area contributed by atoms with Gasteiger partial charge in [-0.05, 0) is 29.8 Å². The van der Waals surface area contributed by atoms with Gasteiger partial charge in [-0.2, -0.15) is 0 Å². The van der Waals surface area contributed by atoms with E-state index in [2.05, 4.69) is 15.0 Å². The van der Waals surface area contributed by atoms with Crippen molar-refractivity contribution in [3.05, 3.63) is 53.6 Å². The van der Waals surface area contributed by atoms with Crippen molar-refractivity contribution in [2.24, 2.45) is 10.7 Å². The number of carbonyl (C=O) groups is 1. The Hall–Kier alpha value is -3.43. The molecule has 0 unspecified atom stereocenters. The quantitative estimate of drug-likeness (QED) is 0.441. The number of guanidine groups is 1. The van der Waals surface area contributed by atoms with Crippen LogP contribution in [0.25, 0.3) is 0 Å². The molecule has 0 radical (unpaired) electrons. The second kappa shape index (κ2) is 8.98. The summed E-state index contributed by atoms with van der Waals surface area (Å²) < 4.78 is 51.1. The normalized spacial score (nSPS) is 11.7. The van der Waals surface area contributed by atoms with Crippen LogP contribution in [0.3, 0.4) is 0 Å². The highest BCUT2D eigenvalue weighted by Gasteiger charge is 2.32. The Balaban J connectivity index is 2.15. The summed E-state index contributed by atoms with van der Waals surface area (Å²) in [4.78, 5) is 15.9. The SMILES string of the molecule is COC(=O)c1cc(CN=C(N)Nc2ccccc2OC(F)(F)F)ccc1OC. The zero-order valence-electron chi connectivity index (χ0n) is 15.0. The molecule has 2 rings (SSSR count). The Bertz CT molecular complexity index is 869. The van der Waals surface area contributed by atoms with Crippen molar-refractivity contribution in [3.8, 4) is 11.5 Å². The zero-order chi connectivity index (χ0) is 20.7. The van der Waals surface area contributed by atoms with E-state index >= 15 is 0 Å². The summed E-state index contributed by atoms with van der Waals surface area (Å²) in [7, 11) is 2.66. The lowest BCUT2D eigenvalue weighted by molar-refractivity contribution is -0.274. The lowest BCUT2D eigenvalue weighted by atomic mass is 10.1. The van der Waals surface area contributed by atoms with Gasteiger partial charge < -0.3 is 25.3 Å². The predicted octanol–water partition coefficient (Wildman–Crippen LogP) is 3.31. The highest BCUT2D eigenvalue weighted by Crippen LogP contribution is 2.29. The van der Waals surface area contributed by atoms with Gasteiger partial charge in [-0.25, -0.2) is 9.79 Å². The number of hydrogen-bond donors (Lipinski definition) is 2. The van der Waals surface area contributed by atoms with Crippen molar-refractivity contribution in [2.75, 3.05) is 19.5 Å². The molecule has 0 amide bonds. The molecular formula is C18H18F3N3O4. The van der Waals surface area contributed by atoms with Crippen LogP contribution in [0.2, 0.25) is 0 Å². The molecule has 0 aliphatic heterocycles. The second-order valence-electron chi connectivity index (χ2n) is 5.40. The van der Waals surface area contributed by atoms with Gasteiger partial charge in [0.05, 0.1) is 26.5 Å². The first-order valence-electron chi connectivity index (χ1n) is 7.90. The van der Waals surface area contributed by atoms with E-state index in [1.54, 1.807) is 12.1 Å². The zero-order valence-corrected chi connectivity index (χ0v) is 15.0. The van der Waals surface area contributed by atoms with Crippen molar-refractivity contribution in [1.29, 1.82) is 0 Å². The summed E-state index contributed by atoms with van der Waals surface area (Å²) >= 11 is 0. The summed E-state index contributed by atoms with van der Waals surface area (Å²) in [6.07, 6.45) is -4.84. The highest BCUT2D eigenvalue weighted by atomic mass is 19.4. The van der Waals surface area contributed by atoms with Crippen LogP contribution >= 0.6 is 0 Å². The average molecular weight is 397 g/mol. The number of benzene rings is 2. The van der Waals surface area contributed by atoms with E-state index in [0.29, 0.717) is 11.3 Å². The molecule has 28 heavy (non-hydrogen) atoms. The van der Waals surface area contributed by atoms with Crippen molar-refractivity contribution < 1.29 is 32.2 Å². The van der Waals surface area contributed by atoms with E-state index < -0.39 is 18.1 Å². The largest absolute Gasteiger partial charge is 0.573 e. The molecule has 0 saturated carbocycles. The van der Waals surface area contributed by atoms with Crippen LogP contribution in [0.15, 0.2) is 47.5 Å². The lowest BCUT2D eigenvalue weighted by Crippen LogP contribution is -2.24. The van der Waals surface area contributed by atoms with Crippen molar-refractivity contribution in [3.63, 3.8) is 0 Å². The number of alkyl halides is 3. The molecule has 0 aromatic heterocycles. The summed E-state index contributed by atoms with van der Waals surface area (Å²) in [5.74, 6) is -0.810. The van der Waals surface area contributed by atoms with Gasteiger partial charge in [-0.15, -0.1) is 13.2 Å². The Kier molecular flexibility index (Phi) is 6.69. The lowest BCUT2D eigenvalue weighted by Gasteiger charge is -2.14. The van der Waals surface area contributed by atoms with E-state index in [9.17, 15) is 18.0 Å². The van der Waals surface area contributed by atoms with Crippen LogP contribution in [0.5, 0.6) is 11.5 Å². The number of nitrogens with one attached hydrogen (secondary N) is 1. The van der Waals surface area contributed by atoms with Gasteiger partial charge in [0.25, 0.3) is 0 Å². The number of anilines is 1. The van der Waals surface area contributed by atoms with E-state index in [0.717, 1.165) is 6.07 Å². The summed E-state index contributed by atoms with van der Waals surface area (Å²) in [6, 6.07) is 10.2. The van der Waals surface area contributed by atoms with Crippen LogP contribution in [0.4, 0.5) is 18.9 Å². The highest BCUT2D eigenvalue weighted by molar-refractivity contribution is 5.94. The van der Waals surface area contributed by atoms with Crippen LogP contribution in [-0.4, -0.2) is 32.5 Å². The van der Waals surface area contributed by atoms with E-state index in [1.165, 1.54) is 38.5 Å². The summed E-state index contributed by atoms with van der Waals surface area (Å²) in [6.45, 7) is 0.0646. The predicted molar refractivity (Wildman–Crippen MR) is 96.4 cm³/mol. The van der Waals surface area contributed by atoms with E-state index in [4.69, 9.17) is 15.2 Å². The van der Waals surface area contributed by atoms with Gasteiger partial charge in [0.15, 0.2) is 11.7 Å².